The number of carbonyl (C=O) groups excluding carboxylic acids is 2. The molecule has 25 heavy (non-hydrogen) atoms. The summed E-state index contributed by atoms with van der Waals surface area (Å²) < 4.78 is 5.62. The Kier molecular flexibility index (Phi) is 6.76. The van der Waals surface area contributed by atoms with Gasteiger partial charge in [0.25, 0.3) is 0 Å². The molecule has 0 saturated carbocycles. The topological polar surface area (TPSA) is 83.6 Å². The number of hydrogen-bond donors (Lipinski definition) is 2. The Bertz CT molecular complexity index is 702. The first kappa shape index (κ1) is 18.3. The van der Waals surface area contributed by atoms with Gasteiger partial charge >= 0.3 is 6.03 Å². The third-order valence-corrected chi connectivity index (χ3v) is 3.47. The van der Waals surface area contributed by atoms with E-state index in [9.17, 15) is 9.59 Å². The summed E-state index contributed by atoms with van der Waals surface area (Å²) in [6.07, 6.45) is 1.54. The predicted molar refractivity (Wildman–Crippen MR) is 95.7 cm³/mol. The minimum absolute atomic E-state index is 0.0496. The number of hydrogen-bond acceptors (Lipinski definition) is 4. The van der Waals surface area contributed by atoms with Gasteiger partial charge in [0.1, 0.15) is 5.75 Å². The lowest BCUT2D eigenvalue weighted by molar-refractivity contribution is -0.129. The normalized spacial score (nSPS) is 10.0. The number of carbonyl (C=O) groups is 2. The molecular formula is C18H22N4O3. The van der Waals surface area contributed by atoms with Gasteiger partial charge in [-0.2, -0.15) is 0 Å². The van der Waals surface area contributed by atoms with Crippen molar-refractivity contribution in [3.05, 3.63) is 48.7 Å². The van der Waals surface area contributed by atoms with E-state index in [1.165, 1.54) is 6.20 Å². The molecule has 7 heteroatoms. The quantitative estimate of drug-likeness (QED) is 0.810. The highest BCUT2D eigenvalue weighted by atomic mass is 16.5. The number of benzene rings is 1. The molecule has 0 aliphatic rings. The van der Waals surface area contributed by atoms with Crippen LogP contribution < -0.4 is 15.4 Å². The van der Waals surface area contributed by atoms with Gasteiger partial charge in [0.05, 0.1) is 6.54 Å². The minimum atomic E-state index is -0.461. The lowest BCUT2D eigenvalue weighted by Gasteiger charge is -2.18. The van der Waals surface area contributed by atoms with Crippen LogP contribution >= 0.6 is 0 Å². The van der Waals surface area contributed by atoms with Gasteiger partial charge < -0.3 is 20.3 Å². The Morgan fingerprint density at radius 2 is 1.84 bits per heavy atom. The maximum atomic E-state index is 11.9. The fourth-order valence-corrected chi connectivity index (χ4v) is 2.17. The van der Waals surface area contributed by atoms with E-state index in [1.54, 1.807) is 17.0 Å². The van der Waals surface area contributed by atoms with Gasteiger partial charge in [-0.3, -0.25) is 4.79 Å². The molecule has 7 nitrogen and oxygen atoms in total. The van der Waals surface area contributed by atoms with Crippen molar-refractivity contribution in [2.45, 2.75) is 13.8 Å². The monoisotopic (exact) mass is 342 g/mol. The second kappa shape index (κ2) is 9.27. The van der Waals surface area contributed by atoms with Crippen LogP contribution in [0.5, 0.6) is 11.6 Å². The number of anilines is 1. The van der Waals surface area contributed by atoms with Crippen molar-refractivity contribution in [3.63, 3.8) is 0 Å². The highest BCUT2D eigenvalue weighted by Crippen LogP contribution is 2.21. The first-order valence-electron chi connectivity index (χ1n) is 8.14. The van der Waals surface area contributed by atoms with Gasteiger partial charge in [-0.25, -0.2) is 9.78 Å². The van der Waals surface area contributed by atoms with Gasteiger partial charge in [-0.1, -0.05) is 18.2 Å². The van der Waals surface area contributed by atoms with Crippen molar-refractivity contribution in [1.29, 1.82) is 0 Å². The SMILES string of the molecule is CCN(CC)C(=O)CNC(=O)Nc1ccnc(Oc2ccccc2)c1. The van der Waals surface area contributed by atoms with Crippen LogP contribution in [-0.2, 0) is 4.79 Å². The highest BCUT2D eigenvalue weighted by Gasteiger charge is 2.11. The Hall–Kier alpha value is -3.09. The Balaban J connectivity index is 1.88. The molecule has 0 bridgehead atoms. The summed E-state index contributed by atoms with van der Waals surface area (Å²) in [5.74, 6) is 0.896. The van der Waals surface area contributed by atoms with Crippen LogP contribution in [0.4, 0.5) is 10.5 Å². The third kappa shape index (κ3) is 5.80. The number of aromatic nitrogens is 1. The summed E-state index contributed by atoms with van der Waals surface area (Å²) in [7, 11) is 0. The van der Waals surface area contributed by atoms with Crippen molar-refractivity contribution in [1.82, 2.24) is 15.2 Å². The smallest absolute Gasteiger partial charge is 0.319 e. The van der Waals surface area contributed by atoms with E-state index in [1.807, 2.05) is 44.2 Å². The van der Waals surface area contributed by atoms with E-state index in [0.717, 1.165) is 0 Å². The van der Waals surface area contributed by atoms with Crippen molar-refractivity contribution >= 4 is 17.6 Å². The van der Waals surface area contributed by atoms with Crippen LogP contribution in [0.2, 0.25) is 0 Å². The minimum Gasteiger partial charge on any atom is -0.439 e. The van der Waals surface area contributed by atoms with E-state index in [-0.39, 0.29) is 12.5 Å². The number of likely N-dealkylation sites (N-methyl/N-ethyl adjacent to an activating group) is 1. The zero-order valence-electron chi connectivity index (χ0n) is 14.4. The standard InChI is InChI=1S/C18H22N4O3/c1-3-22(4-2)17(23)13-20-18(24)21-14-10-11-19-16(12-14)25-15-8-6-5-7-9-15/h5-12H,3-4,13H2,1-2H3,(H2,19,20,21,24). The van der Waals surface area contributed by atoms with Crippen LogP contribution in [0.1, 0.15) is 13.8 Å². The molecule has 1 aromatic carbocycles. The van der Waals surface area contributed by atoms with Crippen LogP contribution in [0.15, 0.2) is 48.7 Å². The molecule has 0 aliphatic heterocycles. The summed E-state index contributed by atoms with van der Waals surface area (Å²) in [6, 6.07) is 12.0. The maximum absolute atomic E-state index is 11.9. The molecular weight excluding hydrogens is 320 g/mol. The van der Waals surface area contributed by atoms with Crippen LogP contribution in [0.3, 0.4) is 0 Å². The molecule has 1 aromatic heterocycles. The number of rotatable bonds is 7. The number of pyridine rings is 1. The van der Waals surface area contributed by atoms with Gasteiger partial charge in [-0.05, 0) is 32.0 Å². The van der Waals surface area contributed by atoms with Gasteiger partial charge in [0.15, 0.2) is 0 Å². The maximum Gasteiger partial charge on any atom is 0.319 e. The van der Waals surface area contributed by atoms with Crippen molar-refractivity contribution in [3.8, 4) is 11.6 Å². The second-order valence-electron chi connectivity index (χ2n) is 5.17. The molecule has 2 rings (SSSR count). The first-order valence-corrected chi connectivity index (χ1v) is 8.14. The van der Waals surface area contributed by atoms with Crippen LogP contribution in [-0.4, -0.2) is 41.5 Å². The molecule has 0 saturated heterocycles. The number of amides is 3. The van der Waals surface area contributed by atoms with E-state index >= 15 is 0 Å². The fraction of sp³-hybridized carbons (Fsp3) is 0.278. The average molecular weight is 342 g/mol. The summed E-state index contributed by atoms with van der Waals surface area (Å²) >= 11 is 0. The van der Waals surface area contributed by atoms with Crippen molar-refractivity contribution in [2.75, 3.05) is 25.0 Å². The molecule has 2 N–H and O–H groups in total. The highest BCUT2D eigenvalue weighted by molar-refractivity contribution is 5.92. The summed E-state index contributed by atoms with van der Waals surface area (Å²) in [5.41, 5.74) is 0.522. The van der Waals surface area contributed by atoms with Gasteiger partial charge in [0, 0.05) is 31.0 Å². The molecule has 0 fully saturated rings. The molecule has 0 aliphatic carbocycles. The van der Waals surface area contributed by atoms with Crippen molar-refractivity contribution < 1.29 is 14.3 Å². The Morgan fingerprint density at radius 3 is 2.52 bits per heavy atom. The van der Waals surface area contributed by atoms with Crippen LogP contribution in [0.25, 0.3) is 0 Å². The number of ether oxygens (including phenoxy) is 1. The Labute approximate surface area is 147 Å². The molecule has 0 unspecified atom stereocenters. The molecule has 132 valence electrons. The second-order valence-corrected chi connectivity index (χ2v) is 5.17. The van der Waals surface area contributed by atoms with Crippen molar-refractivity contribution in [2.24, 2.45) is 0 Å². The van der Waals surface area contributed by atoms with Gasteiger partial charge in [-0.15, -0.1) is 0 Å². The molecule has 3 amide bonds. The average Bonchev–Trinajstić information content (AvgIpc) is 2.62. The summed E-state index contributed by atoms with van der Waals surface area (Å²) in [5, 5.41) is 5.20. The molecule has 0 radical (unpaired) electrons. The summed E-state index contributed by atoms with van der Waals surface area (Å²) in [6.45, 7) is 4.97. The molecule has 1 heterocycles. The predicted octanol–water partition coefficient (Wildman–Crippen LogP) is 2.86. The largest absolute Gasteiger partial charge is 0.439 e. The van der Waals surface area contributed by atoms with Crippen LogP contribution in [0, 0.1) is 0 Å². The molecule has 0 atom stereocenters. The Morgan fingerprint density at radius 1 is 1.12 bits per heavy atom. The summed E-state index contributed by atoms with van der Waals surface area (Å²) in [4.78, 5) is 29.6. The number of para-hydroxylation sites is 1. The van der Waals surface area contributed by atoms with Gasteiger partial charge in [0.2, 0.25) is 11.8 Å². The number of nitrogens with zero attached hydrogens (tertiary/aromatic N) is 2. The number of nitrogens with one attached hydrogen (secondary N) is 2. The zero-order chi connectivity index (χ0) is 18.1. The molecule has 0 spiro atoms. The van der Waals surface area contributed by atoms with E-state index in [4.69, 9.17) is 4.74 Å². The third-order valence-electron chi connectivity index (χ3n) is 3.47. The lowest BCUT2D eigenvalue weighted by atomic mass is 10.3. The van der Waals surface area contributed by atoms with E-state index < -0.39 is 6.03 Å². The van der Waals surface area contributed by atoms with E-state index in [2.05, 4.69) is 15.6 Å². The molecule has 2 aromatic rings. The lowest BCUT2D eigenvalue weighted by Crippen LogP contribution is -2.41. The van der Waals surface area contributed by atoms with E-state index in [0.29, 0.717) is 30.4 Å². The first-order chi connectivity index (χ1) is 12.1. The number of urea groups is 1. The zero-order valence-corrected chi connectivity index (χ0v) is 14.4. The fourth-order valence-electron chi connectivity index (χ4n) is 2.17.